The molecule has 0 saturated carbocycles. The van der Waals surface area contributed by atoms with Crippen molar-refractivity contribution in [1.29, 1.82) is 0 Å². The molecule has 0 amide bonds. The molecule has 3 heterocycles. The van der Waals surface area contributed by atoms with Crippen LogP contribution in [0.1, 0.15) is 6.92 Å². The number of carbonyl (C=O) groups excluding carboxylic acids is 1. The molecule has 6 nitrogen and oxygen atoms in total. The molecule has 4 aromatic rings. The number of hydrogen-bond donors (Lipinski definition) is 1. The Morgan fingerprint density at radius 2 is 2.00 bits per heavy atom. The highest BCUT2D eigenvalue weighted by Gasteiger charge is 2.30. The summed E-state index contributed by atoms with van der Waals surface area (Å²) < 4.78 is 0. The highest BCUT2D eigenvalue weighted by atomic mass is 16.1. The van der Waals surface area contributed by atoms with E-state index in [-0.39, 0.29) is 6.04 Å². The molecule has 6 heteroatoms. The minimum Gasteiger partial charge on any atom is -0.372 e. The lowest BCUT2D eigenvalue weighted by Crippen LogP contribution is -2.54. The molecule has 2 aromatic carbocycles. The molecule has 1 aliphatic rings. The summed E-state index contributed by atoms with van der Waals surface area (Å²) in [5.74, 6) is 1.94. The number of carbonyl (C=O) groups is 1. The van der Waals surface area contributed by atoms with Crippen LogP contribution in [0.5, 0.6) is 0 Å². The fourth-order valence-corrected chi connectivity index (χ4v) is 4.54. The molecule has 0 spiro atoms. The Kier molecular flexibility index (Phi) is 4.98. The van der Waals surface area contributed by atoms with Gasteiger partial charge in [0.1, 0.15) is 18.1 Å². The number of aldehydes is 1. The number of nitrogens with one attached hydrogen (secondary N) is 1. The Morgan fingerprint density at radius 3 is 2.84 bits per heavy atom. The van der Waals surface area contributed by atoms with Crippen LogP contribution in [0.3, 0.4) is 0 Å². The van der Waals surface area contributed by atoms with Gasteiger partial charge in [-0.2, -0.15) is 0 Å². The summed E-state index contributed by atoms with van der Waals surface area (Å²) in [7, 11) is 2.07. The smallest absolute Gasteiger partial charge is 0.152 e. The fourth-order valence-electron chi connectivity index (χ4n) is 4.54. The monoisotopic (exact) mass is 413 g/mol. The SMILES string of the molecule is CCN(C)c1cccnc1N1CCN(c2cc3c(ccc4ccccc43)[nH]2)C(C=O)C1. The summed E-state index contributed by atoms with van der Waals surface area (Å²) in [6.45, 7) is 5.20. The number of pyridine rings is 1. The number of hydrogen-bond acceptors (Lipinski definition) is 5. The summed E-state index contributed by atoms with van der Waals surface area (Å²) >= 11 is 0. The van der Waals surface area contributed by atoms with Crippen molar-refractivity contribution >= 4 is 45.3 Å². The number of aromatic amines is 1. The first-order valence-corrected chi connectivity index (χ1v) is 10.8. The first kappa shape index (κ1) is 19.4. The number of H-pyrrole nitrogens is 1. The van der Waals surface area contributed by atoms with Gasteiger partial charge in [-0.25, -0.2) is 4.98 Å². The van der Waals surface area contributed by atoms with E-state index in [0.29, 0.717) is 6.54 Å². The third kappa shape index (κ3) is 3.38. The topological polar surface area (TPSA) is 55.5 Å². The number of rotatable bonds is 5. The zero-order chi connectivity index (χ0) is 21.4. The van der Waals surface area contributed by atoms with Crippen LogP contribution in [-0.4, -0.2) is 55.5 Å². The van der Waals surface area contributed by atoms with Crippen molar-refractivity contribution < 1.29 is 4.79 Å². The summed E-state index contributed by atoms with van der Waals surface area (Å²) in [5, 5.41) is 3.64. The second-order valence-electron chi connectivity index (χ2n) is 8.11. The first-order valence-electron chi connectivity index (χ1n) is 10.8. The normalized spacial score (nSPS) is 16.8. The van der Waals surface area contributed by atoms with Crippen molar-refractivity contribution in [3.63, 3.8) is 0 Å². The van der Waals surface area contributed by atoms with E-state index in [1.807, 2.05) is 12.3 Å². The van der Waals surface area contributed by atoms with Crippen molar-refractivity contribution in [2.45, 2.75) is 13.0 Å². The second-order valence-corrected chi connectivity index (χ2v) is 8.11. The highest BCUT2D eigenvalue weighted by Crippen LogP contribution is 2.32. The van der Waals surface area contributed by atoms with Gasteiger partial charge in [-0.15, -0.1) is 0 Å². The van der Waals surface area contributed by atoms with E-state index >= 15 is 0 Å². The summed E-state index contributed by atoms with van der Waals surface area (Å²) in [4.78, 5) is 26.9. The summed E-state index contributed by atoms with van der Waals surface area (Å²) in [5.41, 5.74) is 2.19. The average molecular weight is 414 g/mol. The Hall–Kier alpha value is -3.54. The quantitative estimate of drug-likeness (QED) is 0.500. The number of nitrogens with zero attached hydrogens (tertiary/aromatic N) is 4. The van der Waals surface area contributed by atoms with Crippen molar-refractivity contribution in [3.05, 3.63) is 60.8 Å². The van der Waals surface area contributed by atoms with E-state index in [9.17, 15) is 4.79 Å². The molecule has 2 aromatic heterocycles. The van der Waals surface area contributed by atoms with Gasteiger partial charge in [-0.1, -0.05) is 30.3 Å². The van der Waals surface area contributed by atoms with Crippen LogP contribution < -0.4 is 14.7 Å². The van der Waals surface area contributed by atoms with Crippen LogP contribution >= 0.6 is 0 Å². The Labute approximate surface area is 182 Å². The lowest BCUT2D eigenvalue weighted by Gasteiger charge is -2.41. The number of piperazine rings is 1. The maximum Gasteiger partial charge on any atom is 0.152 e. The van der Waals surface area contributed by atoms with Crippen LogP contribution in [0.25, 0.3) is 21.7 Å². The predicted octanol–water partition coefficient (Wildman–Crippen LogP) is 4.07. The Bertz CT molecular complexity index is 1230. The molecule has 1 unspecified atom stereocenters. The van der Waals surface area contributed by atoms with Gasteiger partial charge in [-0.3, -0.25) is 0 Å². The van der Waals surface area contributed by atoms with Crippen LogP contribution in [0, 0.1) is 0 Å². The average Bonchev–Trinajstić information content (AvgIpc) is 3.28. The van der Waals surface area contributed by atoms with E-state index in [0.717, 1.165) is 48.8 Å². The standard InChI is InChI=1S/C25H27N5O/c1-3-28(2)23-9-6-12-26-25(23)29-13-14-30(19(16-29)17-31)24-15-21-20-8-5-4-7-18(20)10-11-22(21)27-24/h4-12,15,17,19,27H,3,13-14,16H2,1-2H3. The molecule has 5 rings (SSSR count). The second kappa shape index (κ2) is 7.95. The molecule has 1 N–H and O–H groups in total. The molecule has 0 radical (unpaired) electrons. The molecule has 1 fully saturated rings. The van der Waals surface area contributed by atoms with Gasteiger partial charge < -0.3 is 24.5 Å². The lowest BCUT2D eigenvalue weighted by atomic mass is 10.1. The number of benzene rings is 2. The van der Waals surface area contributed by atoms with Gasteiger partial charge in [0, 0.05) is 50.3 Å². The van der Waals surface area contributed by atoms with E-state index < -0.39 is 0 Å². The molecule has 1 saturated heterocycles. The van der Waals surface area contributed by atoms with Crippen molar-refractivity contribution in [2.24, 2.45) is 0 Å². The molecule has 0 aliphatic carbocycles. The first-order chi connectivity index (χ1) is 15.2. The van der Waals surface area contributed by atoms with Crippen LogP contribution in [0.15, 0.2) is 60.8 Å². The Balaban J connectivity index is 1.46. The summed E-state index contributed by atoms with van der Waals surface area (Å²) in [6.07, 6.45) is 2.88. The third-order valence-corrected chi connectivity index (χ3v) is 6.35. The van der Waals surface area contributed by atoms with E-state index in [1.165, 1.54) is 16.2 Å². The lowest BCUT2D eigenvalue weighted by molar-refractivity contribution is -0.109. The fraction of sp³-hybridized carbons (Fsp3) is 0.280. The minimum atomic E-state index is -0.241. The van der Waals surface area contributed by atoms with Crippen molar-refractivity contribution in [3.8, 4) is 0 Å². The number of fused-ring (bicyclic) bond motifs is 3. The molecule has 1 aliphatic heterocycles. The Morgan fingerprint density at radius 1 is 1.13 bits per heavy atom. The van der Waals surface area contributed by atoms with Crippen LogP contribution in [0.4, 0.5) is 17.3 Å². The van der Waals surface area contributed by atoms with E-state index in [1.54, 1.807) is 0 Å². The molecule has 0 bridgehead atoms. The molecule has 1 atom stereocenters. The molecular weight excluding hydrogens is 386 g/mol. The van der Waals surface area contributed by atoms with E-state index in [4.69, 9.17) is 0 Å². The van der Waals surface area contributed by atoms with Gasteiger partial charge >= 0.3 is 0 Å². The predicted molar refractivity (Wildman–Crippen MR) is 128 cm³/mol. The maximum atomic E-state index is 12.1. The molecule has 158 valence electrons. The zero-order valence-electron chi connectivity index (χ0n) is 18.0. The highest BCUT2D eigenvalue weighted by molar-refractivity contribution is 6.08. The largest absolute Gasteiger partial charge is 0.372 e. The molecular formula is C25H27N5O. The summed E-state index contributed by atoms with van der Waals surface area (Å²) in [6, 6.07) is 18.7. The van der Waals surface area contributed by atoms with Crippen LogP contribution in [0.2, 0.25) is 0 Å². The van der Waals surface area contributed by atoms with Gasteiger partial charge in [0.25, 0.3) is 0 Å². The maximum absolute atomic E-state index is 12.1. The minimum absolute atomic E-state index is 0.241. The van der Waals surface area contributed by atoms with Crippen molar-refractivity contribution in [2.75, 3.05) is 47.9 Å². The van der Waals surface area contributed by atoms with Gasteiger partial charge in [0.15, 0.2) is 5.82 Å². The third-order valence-electron chi connectivity index (χ3n) is 6.35. The number of aromatic nitrogens is 2. The van der Waals surface area contributed by atoms with Gasteiger partial charge in [0.2, 0.25) is 0 Å². The number of anilines is 3. The van der Waals surface area contributed by atoms with Gasteiger partial charge in [0.05, 0.1) is 5.69 Å². The van der Waals surface area contributed by atoms with E-state index in [2.05, 4.69) is 87.2 Å². The van der Waals surface area contributed by atoms with Crippen molar-refractivity contribution in [1.82, 2.24) is 9.97 Å². The zero-order valence-corrected chi connectivity index (χ0v) is 18.0. The van der Waals surface area contributed by atoms with Crippen LogP contribution in [-0.2, 0) is 4.79 Å². The van der Waals surface area contributed by atoms with Gasteiger partial charge in [-0.05, 0) is 42.0 Å². The molecule has 31 heavy (non-hydrogen) atoms.